The Morgan fingerprint density at radius 1 is 1.37 bits per heavy atom. The number of hydrogen-bond acceptors (Lipinski definition) is 3. The van der Waals surface area contributed by atoms with Crippen LogP contribution in [-0.2, 0) is 0 Å². The molecule has 19 heavy (non-hydrogen) atoms. The number of anilines is 1. The molecule has 1 aromatic rings. The summed E-state index contributed by atoms with van der Waals surface area (Å²) < 4.78 is 13.6. The number of piperazine rings is 1. The molecule has 3 nitrogen and oxygen atoms in total. The monoisotopic (exact) mass is 279 g/mol. The van der Waals surface area contributed by atoms with E-state index < -0.39 is 5.82 Å². The number of halogens is 2. The summed E-state index contributed by atoms with van der Waals surface area (Å²) in [5.41, 5.74) is 0.796. The van der Waals surface area contributed by atoms with E-state index in [-0.39, 0.29) is 5.56 Å². The predicted molar refractivity (Wildman–Crippen MR) is 74.8 cm³/mol. The van der Waals surface area contributed by atoms with E-state index in [0.717, 1.165) is 26.2 Å². The van der Waals surface area contributed by atoms with Crippen molar-refractivity contribution in [1.29, 1.82) is 5.26 Å². The van der Waals surface area contributed by atoms with Gasteiger partial charge in [0.25, 0.3) is 0 Å². The van der Waals surface area contributed by atoms with E-state index >= 15 is 0 Å². The lowest BCUT2D eigenvalue weighted by atomic mass is 10.1. The van der Waals surface area contributed by atoms with E-state index in [0.29, 0.717) is 17.3 Å². The molecule has 0 amide bonds. The highest BCUT2D eigenvalue weighted by Gasteiger charge is 2.20. The van der Waals surface area contributed by atoms with Crippen molar-refractivity contribution in [1.82, 2.24) is 4.90 Å². The molecule has 1 aliphatic rings. The second-order valence-corrected chi connectivity index (χ2v) is 5.06. The summed E-state index contributed by atoms with van der Waals surface area (Å²) >= 11 is 5.79. The van der Waals surface area contributed by atoms with Crippen molar-refractivity contribution in [3.8, 4) is 6.07 Å². The summed E-state index contributed by atoms with van der Waals surface area (Å²) in [4.78, 5) is 4.23. The van der Waals surface area contributed by atoms with E-state index in [2.05, 4.69) is 11.5 Å². The van der Waals surface area contributed by atoms with Crippen LogP contribution in [0.3, 0.4) is 0 Å². The average molecular weight is 280 g/mol. The van der Waals surface area contributed by atoms with Crippen LogP contribution in [0.15, 0.2) is 29.8 Å². The molecule has 100 valence electrons. The molecular weight excluding hydrogens is 265 g/mol. The average Bonchev–Trinajstić information content (AvgIpc) is 2.38. The first-order valence-electron chi connectivity index (χ1n) is 6.11. The number of benzene rings is 1. The maximum absolute atomic E-state index is 13.6. The standard InChI is InChI=1S/C14H15ClFN3/c1-11(15)10-18-5-7-19(8-6-18)14-4-2-3-13(16)12(14)9-17/h2-4H,1,5-8,10H2. The Morgan fingerprint density at radius 3 is 2.63 bits per heavy atom. The first-order valence-corrected chi connectivity index (χ1v) is 6.49. The Bertz CT molecular complexity index is 516. The third-order valence-corrected chi connectivity index (χ3v) is 3.33. The fourth-order valence-electron chi connectivity index (χ4n) is 2.28. The van der Waals surface area contributed by atoms with E-state index in [9.17, 15) is 4.39 Å². The Labute approximate surface area is 117 Å². The van der Waals surface area contributed by atoms with Gasteiger partial charge in [-0.3, -0.25) is 4.90 Å². The molecule has 0 unspecified atom stereocenters. The number of nitrogens with zero attached hydrogens (tertiary/aromatic N) is 3. The minimum atomic E-state index is -0.462. The second-order valence-electron chi connectivity index (χ2n) is 4.53. The summed E-state index contributed by atoms with van der Waals surface area (Å²) in [6, 6.07) is 6.68. The van der Waals surface area contributed by atoms with Gasteiger partial charge in [-0.25, -0.2) is 4.39 Å². The molecule has 0 spiro atoms. The van der Waals surface area contributed by atoms with Crippen molar-refractivity contribution >= 4 is 17.3 Å². The molecule has 2 rings (SSSR count). The molecule has 5 heteroatoms. The normalized spacial score (nSPS) is 16.2. The maximum Gasteiger partial charge on any atom is 0.143 e. The van der Waals surface area contributed by atoms with Gasteiger partial charge in [-0.15, -0.1) is 0 Å². The Balaban J connectivity index is 2.08. The molecule has 1 aliphatic heterocycles. The van der Waals surface area contributed by atoms with E-state index in [1.807, 2.05) is 11.0 Å². The minimum Gasteiger partial charge on any atom is -0.368 e. The van der Waals surface area contributed by atoms with Crippen molar-refractivity contribution in [2.24, 2.45) is 0 Å². The van der Waals surface area contributed by atoms with Crippen LogP contribution in [-0.4, -0.2) is 37.6 Å². The van der Waals surface area contributed by atoms with Gasteiger partial charge in [0.05, 0.1) is 5.69 Å². The first-order chi connectivity index (χ1) is 9.11. The lowest BCUT2D eigenvalue weighted by Gasteiger charge is -2.36. The molecule has 0 saturated carbocycles. The first kappa shape index (κ1) is 13.9. The van der Waals surface area contributed by atoms with Crippen LogP contribution in [0.4, 0.5) is 10.1 Å². The van der Waals surface area contributed by atoms with Gasteiger partial charge in [0.1, 0.15) is 17.4 Å². The molecule has 1 heterocycles. The van der Waals surface area contributed by atoms with Gasteiger partial charge in [-0.1, -0.05) is 24.2 Å². The highest BCUT2D eigenvalue weighted by Crippen LogP contribution is 2.23. The summed E-state index contributed by atoms with van der Waals surface area (Å²) in [6.45, 7) is 7.51. The second kappa shape index (κ2) is 6.05. The van der Waals surface area contributed by atoms with Gasteiger partial charge in [-0.05, 0) is 12.1 Å². The smallest absolute Gasteiger partial charge is 0.143 e. The van der Waals surface area contributed by atoms with Crippen molar-refractivity contribution in [2.75, 3.05) is 37.6 Å². The molecule has 0 atom stereocenters. The summed E-state index contributed by atoms with van der Waals surface area (Å²) in [6.07, 6.45) is 0. The molecule has 1 fully saturated rings. The highest BCUT2D eigenvalue weighted by molar-refractivity contribution is 6.29. The Morgan fingerprint density at radius 2 is 2.05 bits per heavy atom. The van der Waals surface area contributed by atoms with Crippen LogP contribution in [0, 0.1) is 17.1 Å². The third kappa shape index (κ3) is 3.25. The third-order valence-electron chi connectivity index (χ3n) is 3.21. The van der Waals surface area contributed by atoms with E-state index in [1.54, 1.807) is 12.1 Å². The van der Waals surface area contributed by atoms with Crippen LogP contribution in [0.5, 0.6) is 0 Å². The number of rotatable bonds is 3. The zero-order valence-electron chi connectivity index (χ0n) is 10.6. The molecular formula is C14H15ClFN3. The molecule has 0 N–H and O–H groups in total. The van der Waals surface area contributed by atoms with Crippen LogP contribution in [0.2, 0.25) is 0 Å². The SMILES string of the molecule is C=C(Cl)CN1CCN(c2cccc(F)c2C#N)CC1. The topological polar surface area (TPSA) is 30.3 Å². The Kier molecular flexibility index (Phi) is 4.41. The van der Waals surface area contributed by atoms with Crippen LogP contribution in [0.25, 0.3) is 0 Å². The number of hydrogen-bond donors (Lipinski definition) is 0. The summed E-state index contributed by atoms with van der Waals surface area (Å²) in [5.74, 6) is -0.462. The van der Waals surface area contributed by atoms with Gasteiger partial charge in [0, 0.05) is 37.8 Å². The van der Waals surface area contributed by atoms with Crippen molar-refractivity contribution in [3.05, 3.63) is 41.2 Å². The van der Waals surface area contributed by atoms with Gasteiger partial charge in [0.15, 0.2) is 0 Å². The van der Waals surface area contributed by atoms with Gasteiger partial charge < -0.3 is 4.90 Å². The highest BCUT2D eigenvalue weighted by atomic mass is 35.5. The van der Waals surface area contributed by atoms with Crippen molar-refractivity contribution < 1.29 is 4.39 Å². The largest absolute Gasteiger partial charge is 0.368 e. The quantitative estimate of drug-likeness (QED) is 0.852. The fraction of sp³-hybridized carbons (Fsp3) is 0.357. The Hall–Kier alpha value is -1.57. The van der Waals surface area contributed by atoms with Crippen LogP contribution in [0.1, 0.15) is 5.56 Å². The van der Waals surface area contributed by atoms with Crippen LogP contribution < -0.4 is 4.90 Å². The fourth-order valence-corrected chi connectivity index (χ4v) is 2.45. The predicted octanol–water partition coefficient (Wildman–Crippen LogP) is 2.57. The zero-order valence-corrected chi connectivity index (χ0v) is 11.3. The molecule has 0 bridgehead atoms. The number of nitriles is 1. The molecule has 1 aromatic carbocycles. The summed E-state index contributed by atoms with van der Waals surface area (Å²) in [7, 11) is 0. The summed E-state index contributed by atoms with van der Waals surface area (Å²) in [5, 5.41) is 9.67. The van der Waals surface area contributed by atoms with Gasteiger partial charge in [-0.2, -0.15) is 5.26 Å². The lowest BCUT2D eigenvalue weighted by molar-refractivity contribution is 0.282. The zero-order chi connectivity index (χ0) is 13.8. The minimum absolute atomic E-state index is 0.123. The maximum atomic E-state index is 13.6. The van der Waals surface area contributed by atoms with Crippen LogP contribution >= 0.6 is 11.6 Å². The van der Waals surface area contributed by atoms with Crippen molar-refractivity contribution in [3.63, 3.8) is 0 Å². The van der Waals surface area contributed by atoms with E-state index in [1.165, 1.54) is 6.07 Å². The molecule has 0 aliphatic carbocycles. The molecule has 0 aromatic heterocycles. The van der Waals surface area contributed by atoms with E-state index in [4.69, 9.17) is 16.9 Å². The molecule has 0 radical (unpaired) electrons. The lowest BCUT2D eigenvalue weighted by Crippen LogP contribution is -2.47. The van der Waals surface area contributed by atoms with Crippen molar-refractivity contribution in [2.45, 2.75) is 0 Å². The van der Waals surface area contributed by atoms with Gasteiger partial charge >= 0.3 is 0 Å². The van der Waals surface area contributed by atoms with Gasteiger partial charge in [0.2, 0.25) is 0 Å². The molecule has 1 saturated heterocycles.